The van der Waals surface area contributed by atoms with Crippen molar-refractivity contribution in [1.29, 1.82) is 0 Å². The minimum absolute atomic E-state index is 0.257. The van der Waals surface area contributed by atoms with Crippen molar-refractivity contribution in [2.75, 3.05) is 11.4 Å². The number of fused-ring (bicyclic) bond motifs is 2. The van der Waals surface area contributed by atoms with Crippen LogP contribution in [0.5, 0.6) is 0 Å². The SMILES string of the molecule is C=C1CCC2(CC1)C(=O)N(CCC)c1ccccc12. The molecule has 1 saturated carbocycles. The number of benzene rings is 1. The predicted octanol–water partition coefficient (Wildman–Crippen LogP) is 3.81. The van der Waals surface area contributed by atoms with Crippen molar-refractivity contribution in [2.45, 2.75) is 44.4 Å². The fourth-order valence-corrected chi connectivity index (χ4v) is 3.56. The minimum Gasteiger partial charge on any atom is -0.311 e. The molecule has 0 saturated heterocycles. The van der Waals surface area contributed by atoms with E-state index < -0.39 is 0 Å². The zero-order chi connectivity index (χ0) is 13.5. The Morgan fingerprint density at radius 1 is 1.26 bits per heavy atom. The molecule has 1 aliphatic heterocycles. The molecule has 1 amide bonds. The summed E-state index contributed by atoms with van der Waals surface area (Å²) in [5, 5.41) is 0. The van der Waals surface area contributed by atoms with Gasteiger partial charge in [0, 0.05) is 12.2 Å². The topological polar surface area (TPSA) is 20.3 Å². The third kappa shape index (κ3) is 1.73. The van der Waals surface area contributed by atoms with E-state index in [0.29, 0.717) is 5.91 Å². The molecule has 1 aliphatic carbocycles. The fourth-order valence-electron chi connectivity index (χ4n) is 3.56. The first-order valence-electron chi connectivity index (χ1n) is 7.27. The van der Waals surface area contributed by atoms with Gasteiger partial charge in [-0.05, 0) is 43.7 Å². The largest absolute Gasteiger partial charge is 0.311 e. The summed E-state index contributed by atoms with van der Waals surface area (Å²) in [6, 6.07) is 8.35. The van der Waals surface area contributed by atoms with Crippen molar-refractivity contribution in [3.05, 3.63) is 42.0 Å². The van der Waals surface area contributed by atoms with Crippen LogP contribution in [0.15, 0.2) is 36.4 Å². The summed E-state index contributed by atoms with van der Waals surface area (Å²) < 4.78 is 0. The molecule has 1 aromatic rings. The number of amides is 1. The summed E-state index contributed by atoms with van der Waals surface area (Å²) in [6.45, 7) is 7.04. The van der Waals surface area contributed by atoms with E-state index in [0.717, 1.165) is 44.3 Å². The summed E-state index contributed by atoms with van der Waals surface area (Å²) in [6.07, 6.45) is 4.84. The first-order chi connectivity index (χ1) is 9.19. The molecule has 2 aliphatic rings. The second kappa shape index (κ2) is 4.52. The molecule has 0 aromatic heterocycles. The molecule has 19 heavy (non-hydrogen) atoms. The zero-order valence-electron chi connectivity index (χ0n) is 11.6. The molecule has 3 rings (SSSR count). The third-order valence-electron chi connectivity index (χ3n) is 4.62. The van der Waals surface area contributed by atoms with Gasteiger partial charge in [-0.25, -0.2) is 0 Å². The van der Waals surface area contributed by atoms with E-state index in [9.17, 15) is 4.79 Å². The van der Waals surface area contributed by atoms with Gasteiger partial charge in [-0.3, -0.25) is 4.79 Å². The van der Waals surface area contributed by atoms with Gasteiger partial charge >= 0.3 is 0 Å². The Morgan fingerprint density at radius 2 is 1.95 bits per heavy atom. The number of hydrogen-bond donors (Lipinski definition) is 0. The molecule has 1 spiro atoms. The number of carbonyl (C=O) groups excluding carboxylic acids is 1. The lowest BCUT2D eigenvalue weighted by molar-refractivity contribution is -0.124. The van der Waals surface area contributed by atoms with E-state index in [1.807, 2.05) is 11.0 Å². The Labute approximate surface area is 115 Å². The number of allylic oxidation sites excluding steroid dienone is 1. The van der Waals surface area contributed by atoms with Gasteiger partial charge in [-0.1, -0.05) is 37.3 Å². The van der Waals surface area contributed by atoms with Crippen molar-refractivity contribution in [2.24, 2.45) is 0 Å². The Hall–Kier alpha value is -1.57. The van der Waals surface area contributed by atoms with Crippen LogP contribution in [0.1, 0.15) is 44.6 Å². The van der Waals surface area contributed by atoms with E-state index in [2.05, 4.69) is 31.7 Å². The molecule has 100 valence electrons. The average molecular weight is 255 g/mol. The molecule has 2 heteroatoms. The van der Waals surface area contributed by atoms with Crippen LogP contribution >= 0.6 is 0 Å². The number of nitrogens with zero attached hydrogens (tertiary/aromatic N) is 1. The van der Waals surface area contributed by atoms with Crippen LogP contribution in [0.2, 0.25) is 0 Å². The first-order valence-corrected chi connectivity index (χ1v) is 7.27. The van der Waals surface area contributed by atoms with Crippen molar-refractivity contribution < 1.29 is 4.79 Å². The Morgan fingerprint density at radius 3 is 2.63 bits per heavy atom. The van der Waals surface area contributed by atoms with Gasteiger partial charge in [-0.2, -0.15) is 0 Å². The number of rotatable bonds is 2. The second-order valence-corrected chi connectivity index (χ2v) is 5.81. The number of hydrogen-bond acceptors (Lipinski definition) is 1. The van der Waals surface area contributed by atoms with Crippen LogP contribution in [-0.2, 0) is 10.2 Å². The van der Waals surface area contributed by atoms with Crippen molar-refractivity contribution in [3.63, 3.8) is 0 Å². The van der Waals surface area contributed by atoms with Gasteiger partial charge in [-0.15, -0.1) is 0 Å². The first kappa shape index (κ1) is 12.5. The quantitative estimate of drug-likeness (QED) is 0.736. The Kier molecular flexibility index (Phi) is 2.96. The molecule has 1 heterocycles. The Bertz CT molecular complexity index is 522. The predicted molar refractivity (Wildman–Crippen MR) is 78.4 cm³/mol. The number of carbonyl (C=O) groups is 1. The standard InChI is InChI=1S/C17H21NO/c1-3-12-18-15-7-5-4-6-14(15)17(16(18)19)10-8-13(2)9-11-17/h4-7H,2-3,8-12H2,1H3. The molecular weight excluding hydrogens is 234 g/mol. The van der Waals surface area contributed by atoms with Gasteiger partial charge in [0.1, 0.15) is 0 Å². The molecule has 0 atom stereocenters. The Balaban J connectivity index is 2.06. The summed E-state index contributed by atoms with van der Waals surface area (Å²) in [5.74, 6) is 0.322. The summed E-state index contributed by atoms with van der Waals surface area (Å²) in [5.41, 5.74) is 3.43. The zero-order valence-corrected chi connectivity index (χ0v) is 11.6. The highest BCUT2D eigenvalue weighted by Gasteiger charge is 2.50. The molecule has 0 bridgehead atoms. The van der Waals surface area contributed by atoms with Crippen LogP contribution in [0.3, 0.4) is 0 Å². The molecule has 0 N–H and O–H groups in total. The number of anilines is 1. The van der Waals surface area contributed by atoms with Gasteiger partial charge in [0.05, 0.1) is 5.41 Å². The summed E-state index contributed by atoms with van der Waals surface area (Å²) in [4.78, 5) is 14.9. The van der Waals surface area contributed by atoms with Gasteiger partial charge in [0.15, 0.2) is 0 Å². The number of para-hydroxylation sites is 1. The van der Waals surface area contributed by atoms with Crippen molar-refractivity contribution in [1.82, 2.24) is 0 Å². The van der Waals surface area contributed by atoms with Crippen LogP contribution < -0.4 is 4.90 Å². The highest BCUT2D eigenvalue weighted by atomic mass is 16.2. The van der Waals surface area contributed by atoms with Gasteiger partial charge in [0.2, 0.25) is 5.91 Å². The van der Waals surface area contributed by atoms with Crippen molar-refractivity contribution in [3.8, 4) is 0 Å². The molecule has 0 radical (unpaired) electrons. The molecular formula is C17H21NO. The molecule has 1 fully saturated rings. The summed E-state index contributed by atoms with van der Waals surface area (Å²) >= 11 is 0. The highest BCUT2D eigenvalue weighted by molar-refractivity contribution is 6.08. The normalized spacial score (nSPS) is 21.0. The van der Waals surface area contributed by atoms with E-state index >= 15 is 0 Å². The maximum absolute atomic E-state index is 12.9. The highest BCUT2D eigenvalue weighted by Crippen LogP contribution is 2.50. The maximum atomic E-state index is 12.9. The van der Waals surface area contributed by atoms with Crippen LogP contribution in [0.4, 0.5) is 5.69 Å². The van der Waals surface area contributed by atoms with Gasteiger partial charge < -0.3 is 4.90 Å². The van der Waals surface area contributed by atoms with Gasteiger partial charge in [0.25, 0.3) is 0 Å². The van der Waals surface area contributed by atoms with E-state index in [-0.39, 0.29) is 5.41 Å². The minimum atomic E-state index is -0.257. The lowest BCUT2D eigenvalue weighted by Crippen LogP contribution is -2.42. The van der Waals surface area contributed by atoms with E-state index in [4.69, 9.17) is 0 Å². The molecule has 1 aromatic carbocycles. The van der Waals surface area contributed by atoms with Crippen LogP contribution in [0.25, 0.3) is 0 Å². The third-order valence-corrected chi connectivity index (χ3v) is 4.62. The fraction of sp³-hybridized carbons (Fsp3) is 0.471. The second-order valence-electron chi connectivity index (χ2n) is 5.81. The van der Waals surface area contributed by atoms with E-state index in [1.165, 1.54) is 11.1 Å². The molecule has 0 unspecified atom stereocenters. The van der Waals surface area contributed by atoms with E-state index in [1.54, 1.807) is 0 Å². The van der Waals surface area contributed by atoms with Crippen LogP contribution in [-0.4, -0.2) is 12.5 Å². The average Bonchev–Trinajstić information content (AvgIpc) is 2.66. The van der Waals surface area contributed by atoms with Crippen LogP contribution in [0, 0.1) is 0 Å². The summed E-state index contributed by atoms with van der Waals surface area (Å²) in [7, 11) is 0. The molecule has 2 nitrogen and oxygen atoms in total. The smallest absolute Gasteiger partial charge is 0.237 e. The van der Waals surface area contributed by atoms with Crippen molar-refractivity contribution >= 4 is 11.6 Å². The lowest BCUT2D eigenvalue weighted by atomic mass is 9.69. The maximum Gasteiger partial charge on any atom is 0.237 e. The monoisotopic (exact) mass is 255 g/mol. The lowest BCUT2D eigenvalue weighted by Gasteiger charge is -2.33.